The highest BCUT2D eigenvalue weighted by Gasteiger charge is 2.14. The van der Waals surface area contributed by atoms with Crippen LogP contribution in [0, 0.1) is 6.92 Å². The summed E-state index contributed by atoms with van der Waals surface area (Å²) in [5, 5.41) is 15.0. The lowest BCUT2D eigenvalue weighted by Gasteiger charge is -2.06. The van der Waals surface area contributed by atoms with Crippen LogP contribution in [0.4, 0.5) is 4.79 Å². The van der Waals surface area contributed by atoms with Gasteiger partial charge in [-0.3, -0.25) is 0 Å². The maximum Gasteiger partial charge on any atom is 0.347 e. The van der Waals surface area contributed by atoms with E-state index >= 15 is 0 Å². The first-order chi connectivity index (χ1) is 10.0. The Hall–Kier alpha value is -1.28. The highest BCUT2D eigenvalue weighted by Crippen LogP contribution is 2.17. The monoisotopic (exact) mass is 331 g/mol. The minimum absolute atomic E-state index is 0.223. The number of carboxylic acid groups (broad SMARTS) is 1. The van der Waals surface area contributed by atoms with E-state index in [1.165, 1.54) is 6.42 Å². The molecule has 8 heteroatoms. The van der Waals surface area contributed by atoms with E-state index in [0.717, 1.165) is 29.9 Å². The predicted octanol–water partition coefficient (Wildman–Crippen LogP) is 2.48. The maximum atomic E-state index is 11.6. The van der Waals surface area contributed by atoms with Crippen molar-refractivity contribution in [2.24, 2.45) is 0 Å². The molecule has 0 aliphatic carbocycles. The molecule has 0 aromatic carbocycles. The zero-order valence-electron chi connectivity index (χ0n) is 12.3. The zero-order chi connectivity index (χ0) is 15.7. The average molecular weight is 331 g/mol. The molecular weight excluding hydrogens is 310 g/mol. The summed E-state index contributed by atoms with van der Waals surface area (Å²) in [7, 11) is 0. The number of amides is 2. The third-order valence-corrected chi connectivity index (χ3v) is 4.59. The van der Waals surface area contributed by atoms with Gasteiger partial charge in [-0.2, -0.15) is 11.8 Å². The number of carboxylic acids is 1. The number of nitrogens with zero attached hydrogens (tertiary/aromatic N) is 1. The molecule has 0 spiro atoms. The number of carbonyl (C=O) groups excluding carboxylic acids is 1. The Morgan fingerprint density at radius 3 is 2.67 bits per heavy atom. The highest BCUT2D eigenvalue weighted by molar-refractivity contribution is 7.98. The molecule has 118 valence electrons. The van der Waals surface area contributed by atoms with Crippen LogP contribution >= 0.6 is 23.1 Å². The number of thiazole rings is 1. The average Bonchev–Trinajstić information content (AvgIpc) is 2.82. The van der Waals surface area contributed by atoms with Crippen LogP contribution in [0.3, 0.4) is 0 Å². The van der Waals surface area contributed by atoms with Gasteiger partial charge in [0.2, 0.25) is 0 Å². The van der Waals surface area contributed by atoms with E-state index in [-0.39, 0.29) is 17.5 Å². The molecule has 3 N–H and O–H groups in total. The first-order valence-electron chi connectivity index (χ1n) is 6.74. The second-order valence-corrected chi connectivity index (χ2v) is 6.56. The fourth-order valence-corrected chi connectivity index (χ4v) is 3.03. The van der Waals surface area contributed by atoms with Crippen LogP contribution < -0.4 is 10.6 Å². The largest absolute Gasteiger partial charge is 0.477 e. The van der Waals surface area contributed by atoms with Crippen molar-refractivity contribution in [3.05, 3.63) is 15.6 Å². The van der Waals surface area contributed by atoms with Crippen molar-refractivity contribution in [1.82, 2.24) is 15.6 Å². The van der Waals surface area contributed by atoms with Crippen molar-refractivity contribution in [1.29, 1.82) is 0 Å². The number of hydrogen-bond acceptors (Lipinski definition) is 5. The number of hydrogen-bond donors (Lipinski definition) is 3. The summed E-state index contributed by atoms with van der Waals surface area (Å²) in [6.07, 6.45) is 5.32. The third-order valence-electron chi connectivity index (χ3n) is 2.75. The molecule has 1 heterocycles. The molecule has 0 unspecified atom stereocenters. The van der Waals surface area contributed by atoms with Crippen LogP contribution in [-0.2, 0) is 6.54 Å². The van der Waals surface area contributed by atoms with Crippen molar-refractivity contribution in [3.8, 4) is 0 Å². The fraction of sp³-hybridized carbons (Fsp3) is 0.615. The molecule has 1 aromatic heterocycles. The van der Waals surface area contributed by atoms with Crippen molar-refractivity contribution in [2.45, 2.75) is 32.7 Å². The van der Waals surface area contributed by atoms with Gasteiger partial charge in [0.25, 0.3) is 0 Å². The number of aryl methyl sites for hydroxylation is 1. The van der Waals surface area contributed by atoms with Crippen LogP contribution in [0.1, 0.15) is 39.6 Å². The van der Waals surface area contributed by atoms with E-state index in [2.05, 4.69) is 21.9 Å². The minimum Gasteiger partial charge on any atom is -0.477 e. The van der Waals surface area contributed by atoms with Gasteiger partial charge in [0.15, 0.2) is 0 Å². The third kappa shape index (κ3) is 6.81. The van der Waals surface area contributed by atoms with Gasteiger partial charge >= 0.3 is 12.0 Å². The molecule has 0 aliphatic rings. The highest BCUT2D eigenvalue weighted by atomic mass is 32.2. The number of nitrogens with one attached hydrogen (secondary N) is 2. The maximum absolute atomic E-state index is 11.6. The number of aromatic nitrogens is 1. The molecule has 0 atom stereocenters. The van der Waals surface area contributed by atoms with Gasteiger partial charge in [0, 0.05) is 6.54 Å². The van der Waals surface area contributed by atoms with Crippen LogP contribution in [0.15, 0.2) is 0 Å². The summed E-state index contributed by atoms with van der Waals surface area (Å²) < 4.78 is 0. The molecule has 0 saturated heterocycles. The molecule has 1 aromatic rings. The molecule has 0 fully saturated rings. The Morgan fingerprint density at radius 1 is 1.29 bits per heavy atom. The predicted molar refractivity (Wildman–Crippen MR) is 86.3 cm³/mol. The minimum atomic E-state index is -0.981. The standard InChI is InChI=1S/C13H21N3O3S2/c1-9-11(12(17)18)21-10(16-9)8-15-13(19)14-6-4-3-5-7-20-2/h3-8H2,1-2H3,(H,17,18)(H2,14,15,19). The summed E-state index contributed by atoms with van der Waals surface area (Å²) in [4.78, 5) is 26.8. The van der Waals surface area contributed by atoms with Gasteiger partial charge in [0.1, 0.15) is 9.88 Å². The normalized spacial score (nSPS) is 10.4. The van der Waals surface area contributed by atoms with Gasteiger partial charge in [-0.25, -0.2) is 14.6 Å². The summed E-state index contributed by atoms with van der Waals surface area (Å²) >= 11 is 2.92. The van der Waals surface area contributed by atoms with Gasteiger partial charge in [-0.15, -0.1) is 11.3 Å². The Kier molecular flexibility index (Phi) is 8.14. The van der Waals surface area contributed by atoms with E-state index in [9.17, 15) is 9.59 Å². The van der Waals surface area contributed by atoms with Crippen molar-refractivity contribution < 1.29 is 14.7 Å². The first-order valence-corrected chi connectivity index (χ1v) is 8.96. The smallest absolute Gasteiger partial charge is 0.347 e. The Labute approximate surface area is 132 Å². The van der Waals surface area contributed by atoms with E-state index in [4.69, 9.17) is 5.11 Å². The summed E-state index contributed by atoms with van der Waals surface area (Å²) in [6, 6.07) is -0.246. The molecule has 0 aliphatic heterocycles. The quantitative estimate of drug-likeness (QED) is 0.605. The van der Waals surface area contributed by atoms with E-state index < -0.39 is 5.97 Å². The van der Waals surface area contributed by atoms with Crippen molar-refractivity contribution in [3.63, 3.8) is 0 Å². The lowest BCUT2D eigenvalue weighted by molar-refractivity contribution is 0.0701. The molecule has 21 heavy (non-hydrogen) atoms. The number of unbranched alkanes of at least 4 members (excludes halogenated alkanes) is 2. The summed E-state index contributed by atoms with van der Waals surface area (Å²) in [6.45, 7) is 2.55. The number of rotatable bonds is 9. The summed E-state index contributed by atoms with van der Waals surface area (Å²) in [5.74, 6) is 0.174. The van der Waals surface area contributed by atoms with Gasteiger partial charge in [-0.05, 0) is 31.8 Å². The Morgan fingerprint density at radius 2 is 2.05 bits per heavy atom. The van der Waals surface area contributed by atoms with Crippen molar-refractivity contribution in [2.75, 3.05) is 18.6 Å². The zero-order valence-corrected chi connectivity index (χ0v) is 13.9. The number of carbonyl (C=O) groups is 2. The summed E-state index contributed by atoms with van der Waals surface area (Å²) in [5.41, 5.74) is 0.485. The fourth-order valence-electron chi connectivity index (χ4n) is 1.69. The van der Waals surface area contributed by atoms with Gasteiger partial charge < -0.3 is 15.7 Å². The Bertz CT molecular complexity index is 477. The second-order valence-electron chi connectivity index (χ2n) is 4.49. The second kappa shape index (κ2) is 9.62. The van der Waals surface area contributed by atoms with Gasteiger partial charge in [0.05, 0.1) is 12.2 Å². The lowest BCUT2D eigenvalue weighted by Crippen LogP contribution is -2.35. The SMILES string of the molecule is CSCCCCCNC(=O)NCc1nc(C)c(C(=O)O)s1. The van der Waals surface area contributed by atoms with Crippen molar-refractivity contribution >= 4 is 35.1 Å². The number of aromatic carboxylic acids is 1. The Balaban J connectivity index is 2.21. The lowest BCUT2D eigenvalue weighted by atomic mass is 10.2. The van der Waals surface area contributed by atoms with Crippen LogP contribution in [0.2, 0.25) is 0 Å². The molecule has 0 saturated carbocycles. The van der Waals surface area contributed by atoms with E-state index in [1.807, 2.05) is 11.8 Å². The molecule has 6 nitrogen and oxygen atoms in total. The number of thioether (sulfide) groups is 1. The van der Waals surface area contributed by atoms with E-state index in [0.29, 0.717) is 17.2 Å². The molecular formula is C13H21N3O3S2. The van der Waals surface area contributed by atoms with E-state index in [1.54, 1.807) is 6.92 Å². The van der Waals surface area contributed by atoms with Crippen LogP contribution in [-0.4, -0.2) is 40.6 Å². The molecule has 1 rings (SSSR count). The number of urea groups is 1. The molecule has 0 radical (unpaired) electrons. The van der Waals surface area contributed by atoms with Crippen LogP contribution in [0.25, 0.3) is 0 Å². The van der Waals surface area contributed by atoms with Gasteiger partial charge in [-0.1, -0.05) is 6.42 Å². The first kappa shape index (κ1) is 17.8. The van der Waals surface area contributed by atoms with Crippen LogP contribution in [0.5, 0.6) is 0 Å². The topological polar surface area (TPSA) is 91.3 Å². The molecule has 0 bridgehead atoms. The molecule has 2 amide bonds.